The maximum Gasteiger partial charge on any atom is 0.297 e. The van der Waals surface area contributed by atoms with Crippen molar-refractivity contribution in [2.45, 2.75) is 6.43 Å². The predicted molar refractivity (Wildman–Crippen MR) is 38.0 cm³/mol. The number of hydrogen-bond acceptors (Lipinski definition) is 4. The highest BCUT2D eigenvalue weighted by molar-refractivity contribution is 9.10. The molecule has 0 amide bonds. The molecule has 1 aromatic rings. The topological polar surface area (TPSA) is 66.2 Å². The van der Waals surface area contributed by atoms with Gasteiger partial charge in [0.1, 0.15) is 4.47 Å². The average molecular weight is 241 g/mol. The lowest BCUT2D eigenvalue weighted by Crippen LogP contribution is -1.95. The number of aromatic hydroxyl groups is 2. The molecule has 0 fully saturated rings. The summed E-state index contributed by atoms with van der Waals surface area (Å²) < 4.78 is 23.6. The van der Waals surface area contributed by atoms with E-state index < -0.39 is 24.0 Å². The molecule has 4 nitrogen and oxygen atoms in total. The van der Waals surface area contributed by atoms with E-state index in [1.807, 2.05) is 0 Å². The molecule has 0 aromatic carbocycles. The Labute approximate surface area is 74.0 Å². The number of aromatic nitrogens is 2. The van der Waals surface area contributed by atoms with Gasteiger partial charge in [0.05, 0.1) is 0 Å². The Balaban J connectivity index is 3.21. The molecular weight excluding hydrogens is 238 g/mol. The van der Waals surface area contributed by atoms with Crippen molar-refractivity contribution < 1.29 is 19.0 Å². The average Bonchev–Trinajstić information content (AvgIpc) is 1.99. The molecule has 7 heteroatoms. The number of halogens is 3. The van der Waals surface area contributed by atoms with Gasteiger partial charge in [-0.3, -0.25) is 0 Å². The van der Waals surface area contributed by atoms with E-state index in [4.69, 9.17) is 10.2 Å². The van der Waals surface area contributed by atoms with E-state index >= 15 is 0 Å². The number of alkyl halides is 2. The van der Waals surface area contributed by atoms with Gasteiger partial charge in [-0.1, -0.05) is 0 Å². The Morgan fingerprint density at radius 2 is 1.58 bits per heavy atom. The Morgan fingerprint density at radius 3 is 1.92 bits per heavy atom. The van der Waals surface area contributed by atoms with Crippen molar-refractivity contribution in [1.29, 1.82) is 0 Å². The smallest absolute Gasteiger partial charge is 0.297 e. The zero-order chi connectivity index (χ0) is 9.30. The molecule has 1 heterocycles. The Kier molecular flexibility index (Phi) is 2.41. The lowest BCUT2D eigenvalue weighted by molar-refractivity contribution is 0.137. The van der Waals surface area contributed by atoms with Crippen LogP contribution in [0.2, 0.25) is 0 Å². The van der Waals surface area contributed by atoms with Gasteiger partial charge in [0.25, 0.3) is 6.43 Å². The molecule has 0 unspecified atom stereocenters. The highest BCUT2D eigenvalue weighted by Crippen LogP contribution is 2.31. The minimum absolute atomic E-state index is 0.202. The zero-order valence-corrected chi connectivity index (χ0v) is 7.09. The molecule has 0 aliphatic rings. The molecule has 0 saturated carbocycles. The summed E-state index contributed by atoms with van der Waals surface area (Å²) in [5, 5.41) is 17.7. The summed E-state index contributed by atoms with van der Waals surface area (Å²) in [4.78, 5) is 6.04. The van der Waals surface area contributed by atoms with Gasteiger partial charge in [-0.25, -0.2) is 8.78 Å². The number of nitrogens with zero attached hydrogens (tertiary/aromatic N) is 2. The van der Waals surface area contributed by atoms with Gasteiger partial charge >= 0.3 is 0 Å². The second-order valence-electron chi connectivity index (χ2n) is 1.84. The lowest BCUT2D eigenvalue weighted by atomic mass is 10.5. The summed E-state index contributed by atoms with van der Waals surface area (Å²) in [6, 6.07) is 0. The highest BCUT2D eigenvalue weighted by Gasteiger charge is 2.16. The van der Waals surface area contributed by atoms with Crippen LogP contribution in [0.3, 0.4) is 0 Å². The van der Waals surface area contributed by atoms with Crippen LogP contribution in [0.1, 0.15) is 12.2 Å². The van der Waals surface area contributed by atoms with Crippen LogP contribution in [0.5, 0.6) is 11.8 Å². The van der Waals surface area contributed by atoms with Crippen molar-refractivity contribution in [3.63, 3.8) is 0 Å². The van der Waals surface area contributed by atoms with E-state index in [1.54, 1.807) is 0 Å². The van der Waals surface area contributed by atoms with Gasteiger partial charge in [0.15, 0.2) is 0 Å². The SMILES string of the molecule is Oc1nc(C(F)F)nc(O)c1Br. The van der Waals surface area contributed by atoms with Crippen LogP contribution in [0.4, 0.5) is 8.78 Å². The maximum absolute atomic E-state index is 11.9. The van der Waals surface area contributed by atoms with Crippen LogP contribution >= 0.6 is 15.9 Å². The molecule has 0 bridgehead atoms. The van der Waals surface area contributed by atoms with Gasteiger partial charge in [-0.05, 0) is 15.9 Å². The first-order valence-corrected chi connectivity index (χ1v) is 3.55. The van der Waals surface area contributed by atoms with Crippen LogP contribution in [-0.2, 0) is 0 Å². The molecule has 12 heavy (non-hydrogen) atoms. The quantitative estimate of drug-likeness (QED) is 0.783. The van der Waals surface area contributed by atoms with Gasteiger partial charge in [-0.15, -0.1) is 0 Å². The molecule has 0 aliphatic carbocycles. The van der Waals surface area contributed by atoms with Gasteiger partial charge in [0.2, 0.25) is 17.6 Å². The van der Waals surface area contributed by atoms with E-state index in [0.717, 1.165) is 0 Å². The third kappa shape index (κ3) is 1.60. The van der Waals surface area contributed by atoms with Crippen LogP contribution in [-0.4, -0.2) is 20.2 Å². The zero-order valence-electron chi connectivity index (χ0n) is 5.50. The second kappa shape index (κ2) is 3.18. The largest absolute Gasteiger partial charge is 0.492 e. The Morgan fingerprint density at radius 1 is 1.17 bits per heavy atom. The molecule has 0 spiro atoms. The fourth-order valence-corrected chi connectivity index (χ4v) is 0.715. The second-order valence-corrected chi connectivity index (χ2v) is 2.64. The van der Waals surface area contributed by atoms with E-state index in [2.05, 4.69) is 25.9 Å². The normalized spacial score (nSPS) is 10.7. The summed E-state index contributed by atoms with van der Waals surface area (Å²) in [5.74, 6) is -2.33. The maximum atomic E-state index is 11.9. The molecule has 0 atom stereocenters. The molecule has 1 aromatic heterocycles. The highest BCUT2D eigenvalue weighted by atomic mass is 79.9. The first-order chi connectivity index (χ1) is 5.52. The van der Waals surface area contributed by atoms with Crippen molar-refractivity contribution in [3.8, 4) is 11.8 Å². The van der Waals surface area contributed by atoms with Gasteiger partial charge < -0.3 is 10.2 Å². The van der Waals surface area contributed by atoms with Crippen molar-refractivity contribution in [2.24, 2.45) is 0 Å². The molecular formula is C5H3BrF2N2O2. The summed E-state index contributed by atoms with van der Waals surface area (Å²) in [7, 11) is 0. The molecule has 2 N–H and O–H groups in total. The van der Waals surface area contributed by atoms with Crippen molar-refractivity contribution in [1.82, 2.24) is 9.97 Å². The van der Waals surface area contributed by atoms with E-state index in [1.165, 1.54) is 0 Å². The first kappa shape index (κ1) is 9.11. The molecule has 0 radical (unpaired) electrons. The molecule has 0 saturated heterocycles. The number of hydrogen-bond donors (Lipinski definition) is 2. The van der Waals surface area contributed by atoms with Crippen LogP contribution in [0.25, 0.3) is 0 Å². The number of rotatable bonds is 1. The third-order valence-electron chi connectivity index (χ3n) is 1.03. The van der Waals surface area contributed by atoms with Gasteiger partial charge in [-0.2, -0.15) is 9.97 Å². The molecule has 1 rings (SSSR count). The Hall–Kier alpha value is -0.980. The minimum Gasteiger partial charge on any atom is -0.492 e. The third-order valence-corrected chi connectivity index (χ3v) is 1.74. The minimum atomic E-state index is -2.92. The summed E-state index contributed by atoms with van der Waals surface area (Å²) in [5.41, 5.74) is 0. The molecule has 0 aliphatic heterocycles. The summed E-state index contributed by atoms with van der Waals surface area (Å²) >= 11 is 2.69. The predicted octanol–water partition coefficient (Wildman–Crippen LogP) is 1.59. The summed E-state index contributed by atoms with van der Waals surface area (Å²) in [6.45, 7) is 0. The summed E-state index contributed by atoms with van der Waals surface area (Å²) in [6.07, 6.45) is -2.92. The monoisotopic (exact) mass is 240 g/mol. The van der Waals surface area contributed by atoms with Crippen molar-refractivity contribution in [2.75, 3.05) is 0 Å². The van der Waals surface area contributed by atoms with Gasteiger partial charge in [0, 0.05) is 0 Å². The standard InChI is InChI=1S/C5H3BrF2N2O2/c6-1-4(11)9-3(2(7)8)10-5(1)12/h2H,(H2,9,10,11,12). The fourth-order valence-electron chi connectivity index (χ4n) is 0.538. The van der Waals surface area contributed by atoms with Crippen molar-refractivity contribution >= 4 is 15.9 Å². The van der Waals surface area contributed by atoms with E-state index in [9.17, 15) is 8.78 Å². The van der Waals surface area contributed by atoms with E-state index in [-0.39, 0.29) is 4.47 Å². The first-order valence-electron chi connectivity index (χ1n) is 2.76. The van der Waals surface area contributed by atoms with Crippen molar-refractivity contribution in [3.05, 3.63) is 10.3 Å². The lowest BCUT2D eigenvalue weighted by Gasteiger charge is -2.01. The van der Waals surface area contributed by atoms with Crippen LogP contribution in [0, 0.1) is 0 Å². The van der Waals surface area contributed by atoms with E-state index in [0.29, 0.717) is 0 Å². The fraction of sp³-hybridized carbons (Fsp3) is 0.200. The molecule has 66 valence electrons. The van der Waals surface area contributed by atoms with Crippen LogP contribution in [0.15, 0.2) is 4.47 Å². The Bertz CT molecular complexity index is 284. The van der Waals surface area contributed by atoms with Crippen LogP contribution < -0.4 is 0 Å².